The molecule has 0 bridgehead atoms. The van der Waals surface area contributed by atoms with Gasteiger partial charge in [-0.05, 0) is 38.1 Å². The number of rotatable bonds is 2. The second-order valence-corrected chi connectivity index (χ2v) is 7.66. The molecule has 0 aliphatic heterocycles. The van der Waals surface area contributed by atoms with E-state index in [1.165, 1.54) is 0 Å². The summed E-state index contributed by atoms with van der Waals surface area (Å²) < 4.78 is 4.06. The van der Waals surface area contributed by atoms with Crippen LogP contribution in [-0.2, 0) is 7.05 Å². The Labute approximate surface area is 166 Å². The second kappa shape index (κ2) is 5.70. The molecule has 0 spiro atoms. The van der Waals surface area contributed by atoms with Crippen molar-refractivity contribution in [1.82, 2.24) is 34.1 Å². The summed E-state index contributed by atoms with van der Waals surface area (Å²) in [6, 6.07) is 8.19. The number of aryl methyl sites for hydroxylation is 3. The summed E-state index contributed by atoms with van der Waals surface area (Å²) in [6.45, 7) is 3.96. The minimum Gasteiger partial charge on any atom is -0.331 e. The number of fused-ring (bicyclic) bond motifs is 4. The van der Waals surface area contributed by atoms with Gasteiger partial charge in [0.1, 0.15) is 5.82 Å². The molecular weight excluding hydrogens is 362 g/mol. The van der Waals surface area contributed by atoms with Crippen LogP contribution < -0.4 is 0 Å². The van der Waals surface area contributed by atoms with E-state index in [1.807, 2.05) is 36.8 Å². The molecule has 0 fully saturated rings. The first kappa shape index (κ1) is 16.4. The zero-order valence-electron chi connectivity index (χ0n) is 16.4. The van der Waals surface area contributed by atoms with E-state index in [-0.39, 0.29) is 11.8 Å². The second-order valence-electron chi connectivity index (χ2n) is 7.66. The molecule has 29 heavy (non-hydrogen) atoms. The van der Waals surface area contributed by atoms with Gasteiger partial charge in [0, 0.05) is 30.7 Å². The number of imidazole rings is 1. The molecule has 1 aliphatic rings. The number of nitrogens with zero attached hydrogens (tertiary/aromatic N) is 7. The Morgan fingerprint density at radius 3 is 2.62 bits per heavy atom. The van der Waals surface area contributed by atoms with Crippen LogP contribution in [0.15, 0.2) is 48.8 Å². The molecule has 2 atom stereocenters. The van der Waals surface area contributed by atoms with Crippen LogP contribution in [0, 0.1) is 13.8 Å². The van der Waals surface area contributed by atoms with Gasteiger partial charge in [0.15, 0.2) is 11.5 Å². The molecule has 5 aromatic rings. The molecule has 7 nitrogen and oxygen atoms in total. The fraction of sp³-hybridized carbons (Fsp3) is 0.227. The molecule has 0 N–H and O–H groups in total. The van der Waals surface area contributed by atoms with Crippen molar-refractivity contribution < 1.29 is 0 Å². The maximum absolute atomic E-state index is 5.02. The number of pyridine rings is 1. The van der Waals surface area contributed by atoms with Crippen LogP contribution in [0.2, 0.25) is 0 Å². The van der Waals surface area contributed by atoms with E-state index in [0.29, 0.717) is 0 Å². The van der Waals surface area contributed by atoms with Crippen LogP contribution in [-0.4, -0.2) is 34.1 Å². The number of allylic oxidation sites excluding steroid dienone is 2. The number of hydrogen-bond donors (Lipinski definition) is 0. The maximum atomic E-state index is 5.02. The van der Waals surface area contributed by atoms with Gasteiger partial charge in [-0.3, -0.25) is 9.97 Å². The Kier molecular flexibility index (Phi) is 3.21. The highest BCUT2D eigenvalue weighted by Gasteiger charge is 2.34. The van der Waals surface area contributed by atoms with Gasteiger partial charge in [-0.2, -0.15) is 5.10 Å². The molecular formula is C22H19N7. The van der Waals surface area contributed by atoms with E-state index in [0.717, 1.165) is 50.6 Å². The third kappa shape index (κ3) is 2.21. The van der Waals surface area contributed by atoms with Crippen molar-refractivity contribution in [1.29, 1.82) is 0 Å². The topological polar surface area (TPSA) is 73.8 Å². The Morgan fingerprint density at radius 2 is 1.83 bits per heavy atom. The van der Waals surface area contributed by atoms with Crippen molar-refractivity contribution in [2.24, 2.45) is 7.05 Å². The normalized spacial score (nSPS) is 18.7. The average Bonchev–Trinajstić information content (AvgIpc) is 3.28. The number of benzene rings is 1. The highest BCUT2D eigenvalue weighted by molar-refractivity contribution is 6.02. The van der Waals surface area contributed by atoms with Crippen molar-refractivity contribution in [3.05, 3.63) is 71.8 Å². The SMILES string of the molecule is Cc1ncc(C)n2nc([C@@H]3C=C[C@H]3c3nc4c5cccnc5ccc4n3C)nc12. The van der Waals surface area contributed by atoms with Crippen molar-refractivity contribution in [2.45, 2.75) is 25.7 Å². The highest BCUT2D eigenvalue weighted by Crippen LogP contribution is 2.42. The molecule has 1 aromatic carbocycles. The molecule has 4 aromatic heterocycles. The highest BCUT2D eigenvalue weighted by atomic mass is 15.3. The summed E-state index contributed by atoms with van der Waals surface area (Å²) >= 11 is 0. The van der Waals surface area contributed by atoms with E-state index < -0.39 is 0 Å². The summed E-state index contributed by atoms with van der Waals surface area (Å²) in [6.07, 6.45) is 8.00. The van der Waals surface area contributed by atoms with E-state index >= 15 is 0 Å². The summed E-state index contributed by atoms with van der Waals surface area (Å²) in [5, 5.41) is 5.85. The van der Waals surface area contributed by atoms with Crippen molar-refractivity contribution in [3.63, 3.8) is 0 Å². The van der Waals surface area contributed by atoms with Gasteiger partial charge in [-0.1, -0.05) is 12.2 Å². The minimum absolute atomic E-state index is 0.105. The first-order valence-corrected chi connectivity index (χ1v) is 9.69. The van der Waals surface area contributed by atoms with E-state index in [1.54, 1.807) is 0 Å². The minimum atomic E-state index is 0.105. The summed E-state index contributed by atoms with van der Waals surface area (Å²) in [7, 11) is 2.07. The standard InChI is InChI=1S/C22H19N7/c1-12-11-24-13(2)21-26-20(27-29(12)21)14-6-7-15(14)22-25-19-16-5-4-10-23-17(16)8-9-18(19)28(22)3/h4-11,14-15H,1-3H3/t14-,15-/m1/s1. The maximum Gasteiger partial charge on any atom is 0.177 e. The Bertz CT molecular complexity index is 1420. The van der Waals surface area contributed by atoms with E-state index in [2.05, 4.69) is 51.9 Å². The zero-order valence-corrected chi connectivity index (χ0v) is 16.4. The van der Waals surface area contributed by atoms with Crippen LogP contribution in [0.25, 0.3) is 27.6 Å². The third-order valence-corrected chi connectivity index (χ3v) is 5.90. The van der Waals surface area contributed by atoms with Crippen LogP contribution in [0.1, 0.15) is 34.9 Å². The van der Waals surface area contributed by atoms with Gasteiger partial charge in [0.05, 0.1) is 33.9 Å². The van der Waals surface area contributed by atoms with Crippen LogP contribution in [0.4, 0.5) is 0 Å². The molecule has 142 valence electrons. The van der Waals surface area contributed by atoms with Crippen LogP contribution >= 0.6 is 0 Å². The Morgan fingerprint density at radius 1 is 0.966 bits per heavy atom. The van der Waals surface area contributed by atoms with Gasteiger partial charge in [-0.25, -0.2) is 14.5 Å². The quantitative estimate of drug-likeness (QED) is 0.437. The average molecular weight is 381 g/mol. The van der Waals surface area contributed by atoms with Gasteiger partial charge in [0.25, 0.3) is 0 Å². The van der Waals surface area contributed by atoms with Crippen LogP contribution in [0.3, 0.4) is 0 Å². The fourth-order valence-electron chi connectivity index (χ4n) is 4.20. The Balaban J connectivity index is 1.48. The molecule has 0 unspecified atom stereocenters. The molecule has 7 heteroatoms. The van der Waals surface area contributed by atoms with E-state index in [9.17, 15) is 0 Å². The van der Waals surface area contributed by atoms with Crippen molar-refractivity contribution in [3.8, 4) is 0 Å². The van der Waals surface area contributed by atoms with Gasteiger partial charge in [-0.15, -0.1) is 0 Å². The van der Waals surface area contributed by atoms with Gasteiger partial charge >= 0.3 is 0 Å². The first-order valence-electron chi connectivity index (χ1n) is 9.69. The molecule has 1 aliphatic carbocycles. The largest absolute Gasteiger partial charge is 0.331 e. The molecule has 0 saturated heterocycles. The number of aromatic nitrogens is 7. The molecule has 0 radical (unpaired) electrons. The predicted molar refractivity (Wildman–Crippen MR) is 111 cm³/mol. The molecule has 0 saturated carbocycles. The smallest absolute Gasteiger partial charge is 0.177 e. The Hall–Kier alpha value is -3.61. The predicted octanol–water partition coefficient (Wildman–Crippen LogP) is 3.61. The monoisotopic (exact) mass is 381 g/mol. The first-order chi connectivity index (χ1) is 14.1. The van der Waals surface area contributed by atoms with Crippen LogP contribution in [0.5, 0.6) is 0 Å². The lowest BCUT2D eigenvalue weighted by atomic mass is 9.81. The lowest BCUT2D eigenvalue weighted by Crippen LogP contribution is -2.19. The van der Waals surface area contributed by atoms with Gasteiger partial charge < -0.3 is 4.57 Å². The fourth-order valence-corrected chi connectivity index (χ4v) is 4.20. The van der Waals surface area contributed by atoms with Gasteiger partial charge in [0.2, 0.25) is 0 Å². The summed E-state index contributed by atoms with van der Waals surface area (Å²) in [5.41, 5.74) is 5.75. The number of hydrogen-bond acceptors (Lipinski definition) is 5. The zero-order chi connectivity index (χ0) is 19.7. The van der Waals surface area contributed by atoms with Crippen molar-refractivity contribution in [2.75, 3.05) is 0 Å². The molecule has 0 amide bonds. The van der Waals surface area contributed by atoms with Crippen molar-refractivity contribution >= 4 is 27.6 Å². The van der Waals surface area contributed by atoms with E-state index in [4.69, 9.17) is 15.1 Å². The summed E-state index contributed by atoms with van der Waals surface area (Å²) in [4.78, 5) is 18.7. The lowest BCUT2D eigenvalue weighted by molar-refractivity contribution is 0.584. The third-order valence-electron chi connectivity index (χ3n) is 5.90. The molecule has 4 heterocycles. The lowest BCUT2D eigenvalue weighted by Gasteiger charge is -2.26. The summed E-state index contributed by atoms with van der Waals surface area (Å²) in [5.74, 6) is 2.09. The molecule has 6 rings (SSSR count).